The second kappa shape index (κ2) is 10.5. The number of hydrogen-bond acceptors (Lipinski definition) is 9. The molecule has 3 aromatic carbocycles. The molecule has 3 aromatic heterocycles. The lowest BCUT2D eigenvalue weighted by molar-refractivity contribution is 0.355. The molecule has 6 aromatic rings. The van der Waals surface area contributed by atoms with Crippen molar-refractivity contribution in [1.29, 1.82) is 0 Å². The molecule has 0 aliphatic heterocycles. The third-order valence-corrected chi connectivity index (χ3v) is 6.41. The van der Waals surface area contributed by atoms with Crippen molar-refractivity contribution in [3.8, 4) is 40.0 Å². The Kier molecular flexibility index (Phi) is 6.60. The number of pyridine rings is 2. The van der Waals surface area contributed by atoms with Gasteiger partial charge in [-0.3, -0.25) is 4.98 Å². The zero-order valence-corrected chi connectivity index (χ0v) is 21.7. The zero-order chi connectivity index (χ0) is 28.5. The van der Waals surface area contributed by atoms with Crippen LogP contribution in [0, 0.1) is 11.6 Å². The highest BCUT2D eigenvalue weighted by molar-refractivity contribution is 6.00. The first-order chi connectivity index (χ1) is 19.9. The van der Waals surface area contributed by atoms with Gasteiger partial charge in [0, 0.05) is 35.8 Å². The van der Waals surface area contributed by atoms with E-state index >= 15 is 4.39 Å². The number of methoxy groups -OCH3 is 2. The van der Waals surface area contributed by atoms with Crippen LogP contribution < -0.4 is 19.5 Å². The summed E-state index contributed by atoms with van der Waals surface area (Å²) in [7, 11) is 3.02. The van der Waals surface area contributed by atoms with Gasteiger partial charge in [0.1, 0.15) is 23.7 Å². The lowest BCUT2D eigenvalue weighted by atomic mass is 10.0. The van der Waals surface area contributed by atoms with Gasteiger partial charge in [0.2, 0.25) is 5.88 Å². The molecule has 0 atom stereocenters. The molecule has 0 saturated carbocycles. The molecule has 9 nitrogen and oxygen atoms in total. The first-order valence-electron chi connectivity index (χ1n) is 12.3. The molecule has 2 N–H and O–H groups in total. The second-order valence-corrected chi connectivity index (χ2v) is 8.86. The second-order valence-electron chi connectivity index (χ2n) is 8.86. The van der Waals surface area contributed by atoms with Crippen molar-refractivity contribution in [3.63, 3.8) is 0 Å². The van der Waals surface area contributed by atoms with Crippen LogP contribution >= 0.6 is 0 Å². The van der Waals surface area contributed by atoms with E-state index in [-0.39, 0.29) is 23.2 Å². The largest absolute Gasteiger partial charge is 0.506 e. The molecule has 11 heteroatoms. The van der Waals surface area contributed by atoms with Crippen molar-refractivity contribution in [2.24, 2.45) is 0 Å². The van der Waals surface area contributed by atoms with E-state index in [1.807, 2.05) is 0 Å². The number of ether oxygens (including phenoxy) is 3. The Balaban J connectivity index is 1.32. The van der Waals surface area contributed by atoms with Crippen LogP contribution in [0.25, 0.3) is 32.9 Å². The number of nitrogens with one attached hydrogen (secondary N) is 1. The molecule has 0 fully saturated rings. The lowest BCUT2D eigenvalue weighted by Crippen LogP contribution is -1.99. The maximum Gasteiger partial charge on any atom is 0.230 e. The van der Waals surface area contributed by atoms with Gasteiger partial charge in [-0.05, 0) is 42.0 Å². The molecule has 0 saturated heterocycles. The Labute approximate surface area is 232 Å². The predicted molar refractivity (Wildman–Crippen MR) is 149 cm³/mol. The van der Waals surface area contributed by atoms with E-state index < -0.39 is 11.6 Å². The Bertz CT molecular complexity index is 1920. The minimum Gasteiger partial charge on any atom is -0.506 e. The van der Waals surface area contributed by atoms with E-state index in [0.717, 1.165) is 0 Å². The van der Waals surface area contributed by atoms with Crippen LogP contribution in [0.4, 0.5) is 20.3 Å². The predicted octanol–water partition coefficient (Wildman–Crippen LogP) is 6.78. The summed E-state index contributed by atoms with van der Waals surface area (Å²) in [5.74, 6) is 0.0923. The SMILES string of the molecule is COc1cc2ncnc(Oc3ccc(Nc4nccc5ncc(-c6ccc(F)cc6)c(O)c45)cc3F)c2cc1OC. The van der Waals surface area contributed by atoms with Gasteiger partial charge >= 0.3 is 0 Å². The summed E-state index contributed by atoms with van der Waals surface area (Å²) >= 11 is 0. The van der Waals surface area contributed by atoms with Crippen molar-refractivity contribution in [2.75, 3.05) is 19.5 Å². The number of hydrogen-bond donors (Lipinski definition) is 2. The van der Waals surface area contributed by atoms with Crippen LogP contribution in [0.2, 0.25) is 0 Å². The van der Waals surface area contributed by atoms with Gasteiger partial charge in [-0.2, -0.15) is 0 Å². The third-order valence-electron chi connectivity index (χ3n) is 6.41. The maximum absolute atomic E-state index is 15.2. The van der Waals surface area contributed by atoms with Gasteiger partial charge in [-0.25, -0.2) is 23.7 Å². The first kappa shape index (κ1) is 25.7. The molecule has 0 radical (unpaired) electrons. The Morgan fingerprint density at radius 2 is 1.56 bits per heavy atom. The van der Waals surface area contributed by atoms with Gasteiger partial charge in [0.05, 0.1) is 36.0 Å². The average Bonchev–Trinajstić information content (AvgIpc) is 2.99. The van der Waals surface area contributed by atoms with Crippen molar-refractivity contribution in [2.45, 2.75) is 0 Å². The summed E-state index contributed by atoms with van der Waals surface area (Å²) in [6.07, 6.45) is 4.33. The Hall–Kier alpha value is -5.58. The number of nitrogens with zero attached hydrogens (tertiary/aromatic N) is 4. The number of rotatable bonds is 7. The fourth-order valence-electron chi connectivity index (χ4n) is 4.40. The van der Waals surface area contributed by atoms with Crippen LogP contribution in [-0.2, 0) is 0 Å². The summed E-state index contributed by atoms with van der Waals surface area (Å²) < 4.78 is 45.2. The monoisotopic (exact) mass is 553 g/mol. The molecule has 0 aliphatic carbocycles. The van der Waals surface area contributed by atoms with Crippen LogP contribution in [0.3, 0.4) is 0 Å². The van der Waals surface area contributed by atoms with E-state index in [1.54, 1.807) is 36.4 Å². The number of fused-ring (bicyclic) bond motifs is 2. The molecule has 0 amide bonds. The molecular formula is C30H21F2N5O4. The maximum atomic E-state index is 15.2. The minimum atomic E-state index is -0.670. The molecule has 41 heavy (non-hydrogen) atoms. The van der Waals surface area contributed by atoms with Gasteiger partial charge in [-0.1, -0.05) is 12.1 Å². The summed E-state index contributed by atoms with van der Waals surface area (Å²) in [6, 6.07) is 14.9. The van der Waals surface area contributed by atoms with E-state index in [0.29, 0.717) is 50.1 Å². The van der Waals surface area contributed by atoms with E-state index in [2.05, 4.69) is 25.3 Å². The highest BCUT2D eigenvalue weighted by Crippen LogP contribution is 2.39. The molecule has 0 bridgehead atoms. The van der Waals surface area contributed by atoms with Crippen LogP contribution in [0.15, 0.2) is 79.4 Å². The standard InChI is InChI=1S/C30H21F2N5O4/c1-39-25-12-19-23(13-26(25)40-2)35-15-36-30(19)41-24-8-7-18(11-21(24)32)37-29-27-22(9-10-33-29)34-14-20(28(27)38)16-3-5-17(31)6-4-16/h3-15H,1-2H3,(H,33,37)(H,34,38). The number of halogens is 2. The Morgan fingerprint density at radius 1 is 0.780 bits per heavy atom. The quantitative estimate of drug-likeness (QED) is 0.221. The fourth-order valence-corrected chi connectivity index (χ4v) is 4.40. The Morgan fingerprint density at radius 3 is 2.32 bits per heavy atom. The van der Waals surface area contributed by atoms with E-state index in [1.165, 1.54) is 57.2 Å². The zero-order valence-electron chi connectivity index (χ0n) is 21.7. The number of anilines is 2. The van der Waals surface area contributed by atoms with Crippen LogP contribution in [0.5, 0.6) is 28.9 Å². The summed E-state index contributed by atoms with van der Waals surface area (Å²) in [6.45, 7) is 0. The first-order valence-corrected chi connectivity index (χ1v) is 12.3. The van der Waals surface area contributed by atoms with Crippen LogP contribution in [-0.4, -0.2) is 39.3 Å². The summed E-state index contributed by atoms with van der Waals surface area (Å²) in [5.41, 5.74) is 2.32. The van der Waals surface area contributed by atoms with Crippen molar-refractivity contribution < 1.29 is 28.1 Å². The number of benzene rings is 3. The molecular weight excluding hydrogens is 532 g/mol. The van der Waals surface area contributed by atoms with Gasteiger partial charge in [-0.15, -0.1) is 0 Å². The average molecular weight is 554 g/mol. The summed E-state index contributed by atoms with van der Waals surface area (Å²) in [4.78, 5) is 17.1. The van der Waals surface area contributed by atoms with Crippen LogP contribution in [0.1, 0.15) is 0 Å². The van der Waals surface area contributed by atoms with E-state index in [9.17, 15) is 9.50 Å². The topological polar surface area (TPSA) is 112 Å². The fraction of sp³-hybridized carbons (Fsp3) is 0.0667. The number of aromatic hydroxyl groups is 1. The van der Waals surface area contributed by atoms with Crippen molar-refractivity contribution in [1.82, 2.24) is 19.9 Å². The molecule has 0 unspecified atom stereocenters. The molecule has 0 aliphatic rings. The minimum absolute atomic E-state index is 0.0701. The highest BCUT2D eigenvalue weighted by Gasteiger charge is 2.17. The molecule has 0 spiro atoms. The molecule has 204 valence electrons. The molecule has 6 rings (SSSR count). The van der Waals surface area contributed by atoms with E-state index in [4.69, 9.17) is 14.2 Å². The van der Waals surface area contributed by atoms with Gasteiger partial charge < -0.3 is 24.6 Å². The summed E-state index contributed by atoms with van der Waals surface area (Å²) in [5, 5.41) is 15.0. The van der Waals surface area contributed by atoms with Crippen molar-refractivity contribution in [3.05, 3.63) is 91.0 Å². The number of aromatic nitrogens is 4. The van der Waals surface area contributed by atoms with Gasteiger partial charge in [0.15, 0.2) is 23.1 Å². The molecule has 3 heterocycles. The lowest BCUT2D eigenvalue weighted by Gasteiger charge is -2.14. The van der Waals surface area contributed by atoms with Gasteiger partial charge in [0.25, 0.3) is 0 Å². The smallest absolute Gasteiger partial charge is 0.230 e. The normalized spacial score (nSPS) is 11.0. The van der Waals surface area contributed by atoms with Crippen molar-refractivity contribution >= 4 is 33.3 Å². The highest BCUT2D eigenvalue weighted by atomic mass is 19.1. The third kappa shape index (κ3) is 4.84.